The first kappa shape index (κ1) is 35.9. The number of nitrogens with one attached hydrogen (secondary N) is 5. The standard InChI is InChI=1S/C28H49F5N6O4S2/c1-13-9-20(38-37-13)34-25-24(43-4)26(39-8-7-14(40)12-39)36-27(35-25)44-19-6-5-15(10-16(19)29)45(41,42)28(2,3)21-22(32)17(30)11-18(31)23(21)33/h13-27,34-38,40H,5-12H2,1-4H3. The number of hydrazine groups is 1. The molecule has 5 fully saturated rings. The van der Waals surface area contributed by atoms with Gasteiger partial charge in [0.05, 0.1) is 34.6 Å². The van der Waals surface area contributed by atoms with E-state index in [1.165, 1.54) is 11.8 Å². The predicted molar refractivity (Wildman–Crippen MR) is 163 cm³/mol. The van der Waals surface area contributed by atoms with E-state index in [2.05, 4.69) is 38.6 Å². The van der Waals surface area contributed by atoms with Gasteiger partial charge in [-0.2, -0.15) is 0 Å². The second-order valence-electron chi connectivity index (χ2n) is 13.9. The van der Waals surface area contributed by atoms with Gasteiger partial charge in [-0.25, -0.2) is 35.8 Å². The molecule has 0 aromatic carbocycles. The molecule has 3 heterocycles. The molecule has 14 atom stereocenters. The molecule has 2 aliphatic carbocycles. The third kappa shape index (κ3) is 7.32. The molecular formula is C28H49F5N6O4S2. The summed E-state index contributed by atoms with van der Waals surface area (Å²) in [5.41, 5.74) is 5.94. The lowest BCUT2D eigenvalue weighted by Crippen LogP contribution is -2.74. The molecule has 0 radical (unpaired) electrons. The third-order valence-electron chi connectivity index (χ3n) is 10.4. The summed E-state index contributed by atoms with van der Waals surface area (Å²) in [6, 6.07) is 0.255. The van der Waals surface area contributed by atoms with Gasteiger partial charge in [0, 0.05) is 43.8 Å². The molecule has 0 aromatic rings. The van der Waals surface area contributed by atoms with Gasteiger partial charge < -0.3 is 9.84 Å². The fourth-order valence-corrected chi connectivity index (χ4v) is 11.5. The van der Waals surface area contributed by atoms with Crippen molar-refractivity contribution < 1.29 is 40.2 Å². The van der Waals surface area contributed by atoms with Crippen molar-refractivity contribution in [1.29, 1.82) is 0 Å². The number of likely N-dealkylation sites (tertiary alicyclic amines) is 1. The van der Waals surface area contributed by atoms with Crippen molar-refractivity contribution in [3.05, 3.63) is 0 Å². The molecule has 6 N–H and O–H groups in total. The molecule has 0 spiro atoms. The van der Waals surface area contributed by atoms with Crippen LogP contribution in [0.25, 0.3) is 0 Å². The van der Waals surface area contributed by atoms with Gasteiger partial charge in [-0.1, -0.05) is 0 Å². The molecular weight excluding hydrogens is 643 g/mol. The Morgan fingerprint density at radius 2 is 1.64 bits per heavy atom. The van der Waals surface area contributed by atoms with Crippen LogP contribution in [0.15, 0.2) is 0 Å². The zero-order valence-electron chi connectivity index (χ0n) is 26.1. The average Bonchev–Trinajstić information content (AvgIpc) is 3.60. The summed E-state index contributed by atoms with van der Waals surface area (Å²) >= 11 is 1.31. The van der Waals surface area contributed by atoms with Crippen LogP contribution in [0, 0.1) is 5.92 Å². The van der Waals surface area contributed by atoms with Crippen LogP contribution in [0.3, 0.4) is 0 Å². The van der Waals surface area contributed by atoms with Crippen molar-refractivity contribution in [1.82, 2.24) is 31.7 Å². The van der Waals surface area contributed by atoms with Crippen molar-refractivity contribution in [3.8, 4) is 0 Å². The Balaban J connectivity index is 1.27. The highest BCUT2D eigenvalue weighted by atomic mass is 32.2. The van der Waals surface area contributed by atoms with E-state index in [0.717, 1.165) is 20.3 Å². The van der Waals surface area contributed by atoms with Gasteiger partial charge in [-0.15, -0.1) is 11.8 Å². The zero-order valence-corrected chi connectivity index (χ0v) is 27.8. The molecule has 3 saturated heterocycles. The Bertz CT molecular complexity index is 1110. The summed E-state index contributed by atoms with van der Waals surface area (Å²) in [6.07, 6.45) is -12.3. The van der Waals surface area contributed by atoms with E-state index in [1.807, 2.05) is 0 Å². The minimum atomic E-state index is -4.39. The third-order valence-corrected chi connectivity index (χ3v) is 14.9. The SMILES string of the molecule is COC1C(NC2CC(C)NN2)NC(SC2CCC(S(=O)(=O)C(C)(C)C3C(F)C(F)CC(F)C3F)CC2F)NC1N1CCC(O)C1. The first-order valence-corrected chi connectivity index (χ1v) is 18.5. The van der Waals surface area contributed by atoms with Crippen molar-refractivity contribution in [2.45, 2.75) is 148 Å². The lowest BCUT2D eigenvalue weighted by Gasteiger charge is -2.48. The Hall–Kier alpha value is -0.370. The predicted octanol–water partition coefficient (Wildman–Crippen LogP) is 1.56. The molecule has 17 heteroatoms. The Kier molecular flexibility index (Phi) is 11.4. The molecule has 5 aliphatic rings. The highest BCUT2D eigenvalue weighted by Gasteiger charge is 2.59. The molecule has 2 saturated carbocycles. The number of methoxy groups -OCH3 is 1. The number of β-amino-alcohol motifs (C(OH)–C–C–N with tert-alkyl or cyclic N) is 1. The van der Waals surface area contributed by atoms with Gasteiger partial charge in [0.25, 0.3) is 0 Å². The highest BCUT2D eigenvalue weighted by molar-refractivity contribution is 8.00. The summed E-state index contributed by atoms with van der Waals surface area (Å²) in [6.45, 7) is 5.37. The molecule has 14 unspecified atom stereocenters. The molecule has 10 nitrogen and oxygen atoms in total. The number of thioether (sulfide) groups is 1. The van der Waals surface area contributed by atoms with Crippen LogP contribution < -0.4 is 26.8 Å². The quantitative estimate of drug-likeness (QED) is 0.197. The number of nitrogens with zero attached hydrogens (tertiary/aromatic N) is 1. The number of hydrogen-bond acceptors (Lipinski definition) is 11. The average molecular weight is 693 g/mol. The van der Waals surface area contributed by atoms with Crippen LogP contribution in [-0.4, -0.2) is 127 Å². The fourth-order valence-electron chi connectivity index (χ4n) is 7.75. The summed E-state index contributed by atoms with van der Waals surface area (Å²) < 4.78 is 105. The Morgan fingerprint density at radius 1 is 0.956 bits per heavy atom. The second kappa shape index (κ2) is 14.2. The van der Waals surface area contributed by atoms with Gasteiger partial charge in [0.2, 0.25) is 0 Å². The Morgan fingerprint density at radius 3 is 2.20 bits per heavy atom. The lowest BCUT2D eigenvalue weighted by molar-refractivity contribution is -0.0532. The molecule has 262 valence electrons. The van der Waals surface area contributed by atoms with E-state index in [9.17, 15) is 31.1 Å². The monoisotopic (exact) mass is 692 g/mol. The zero-order chi connectivity index (χ0) is 32.8. The van der Waals surface area contributed by atoms with Gasteiger partial charge >= 0.3 is 0 Å². The highest BCUT2D eigenvalue weighted by Crippen LogP contribution is 2.47. The summed E-state index contributed by atoms with van der Waals surface area (Å²) in [7, 11) is -2.77. The Labute approximate surface area is 267 Å². The molecule has 0 aromatic heterocycles. The van der Waals surface area contributed by atoms with Crippen molar-refractivity contribution in [2.75, 3.05) is 20.2 Å². The summed E-state index contributed by atoms with van der Waals surface area (Å²) in [5.74, 6) is -2.03. The number of ether oxygens (including phenoxy) is 1. The van der Waals surface area contributed by atoms with E-state index in [1.54, 1.807) is 7.11 Å². The summed E-state index contributed by atoms with van der Waals surface area (Å²) in [4.78, 5) is 2.11. The van der Waals surface area contributed by atoms with E-state index in [4.69, 9.17) is 4.74 Å². The first-order chi connectivity index (χ1) is 21.1. The molecule has 0 amide bonds. The van der Waals surface area contributed by atoms with Gasteiger partial charge in [-0.3, -0.25) is 26.3 Å². The van der Waals surface area contributed by atoms with Crippen LogP contribution in [0.2, 0.25) is 0 Å². The smallest absolute Gasteiger partial charge is 0.158 e. The fraction of sp³-hybridized carbons (Fsp3) is 1.00. The van der Waals surface area contributed by atoms with E-state index >= 15 is 4.39 Å². The first-order valence-electron chi connectivity index (χ1n) is 16.0. The van der Waals surface area contributed by atoms with Crippen LogP contribution in [-0.2, 0) is 14.6 Å². The molecule has 3 aliphatic heterocycles. The van der Waals surface area contributed by atoms with Crippen LogP contribution in [0.5, 0.6) is 0 Å². The van der Waals surface area contributed by atoms with Gasteiger partial charge in [-0.05, 0) is 52.9 Å². The molecule has 0 bridgehead atoms. The largest absolute Gasteiger partial charge is 0.392 e. The maximum atomic E-state index is 15.8. The summed E-state index contributed by atoms with van der Waals surface area (Å²) in [5, 5.41) is 18.9. The van der Waals surface area contributed by atoms with Gasteiger partial charge in [0.15, 0.2) is 9.84 Å². The van der Waals surface area contributed by atoms with Crippen LogP contribution in [0.4, 0.5) is 22.0 Å². The number of aliphatic hydroxyl groups excluding tert-OH is 1. The van der Waals surface area contributed by atoms with Crippen molar-refractivity contribution >= 4 is 21.6 Å². The normalized spacial score (nSPS) is 47.3. The number of rotatable bonds is 9. The minimum Gasteiger partial charge on any atom is -0.392 e. The number of hydrogen-bond donors (Lipinski definition) is 6. The van der Waals surface area contributed by atoms with E-state index in [-0.39, 0.29) is 49.9 Å². The minimum absolute atomic E-state index is 0.0506. The van der Waals surface area contributed by atoms with Crippen molar-refractivity contribution in [2.24, 2.45) is 5.92 Å². The number of aliphatic hydroxyl groups is 1. The van der Waals surface area contributed by atoms with Crippen molar-refractivity contribution in [3.63, 3.8) is 0 Å². The number of alkyl halides is 5. The molecule has 5 rings (SSSR count). The second-order valence-corrected chi connectivity index (χ2v) is 18.0. The maximum absolute atomic E-state index is 15.8. The topological polar surface area (TPSA) is 127 Å². The number of sulfone groups is 1. The maximum Gasteiger partial charge on any atom is 0.158 e. The van der Waals surface area contributed by atoms with Crippen LogP contribution >= 0.6 is 11.8 Å². The van der Waals surface area contributed by atoms with E-state index < -0.39 is 79.9 Å². The number of halogens is 5. The lowest BCUT2D eigenvalue weighted by atomic mass is 9.76. The van der Waals surface area contributed by atoms with Crippen LogP contribution in [0.1, 0.15) is 59.3 Å². The van der Waals surface area contributed by atoms with Gasteiger partial charge in [0.1, 0.15) is 42.5 Å². The van der Waals surface area contributed by atoms with E-state index in [0.29, 0.717) is 19.5 Å². The molecule has 45 heavy (non-hydrogen) atoms.